The molecule has 2 aromatic heterocycles. The van der Waals surface area contributed by atoms with Crippen molar-refractivity contribution in [3.63, 3.8) is 0 Å². The third kappa shape index (κ3) is 2.42. The zero-order valence-corrected chi connectivity index (χ0v) is 10.9. The van der Waals surface area contributed by atoms with Gasteiger partial charge in [-0.1, -0.05) is 0 Å². The number of H-pyrrole nitrogens is 1. The highest BCUT2D eigenvalue weighted by atomic mass is 19.4. The Morgan fingerprint density at radius 1 is 1.10 bits per heavy atom. The van der Waals surface area contributed by atoms with Gasteiger partial charge in [0.15, 0.2) is 0 Å². The Morgan fingerprint density at radius 3 is 2.62 bits per heavy atom. The van der Waals surface area contributed by atoms with E-state index < -0.39 is 11.7 Å². The molecule has 3 aromatic rings. The predicted octanol–water partition coefficient (Wildman–Crippen LogP) is 3.65. The van der Waals surface area contributed by atoms with E-state index in [1.165, 1.54) is 25.7 Å². The Kier molecular flexibility index (Phi) is 3.04. The van der Waals surface area contributed by atoms with Crippen LogP contribution in [0.25, 0.3) is 22.0 Å². The van der Waals surface area contributed by atoms with E-state index in [9.17, 15) is 13.2 Å². The summed E-state index contributed by atoms with van der Waals surface area (Å²) in [6.45, 7) is 0. The Labute approximate surface area is 117 Å². The lowest BCUT2D eigenvalue weighted by Gasteiger charge is -2.11. The number of rotatable bonds is 2. The van der Waals surface area contributed by atoms with Crippen molar-refractivity contribution in [3.8, 4) is 16.9 Å². The minimum absolute atomic E-state index is 0.322. The number of benzene rings is 1. The van der Waals surface area contributed by atoms with E-state index in [0.717, 1.165) is 12.1 Å². The van der Waals surface area contributed by atoms with Crippen LogP contribution in [0.1, 0.15) is 5.56 Å². The summed E-state index contributed by atoms with van der Waals surface area (Å²) in [5, 5.41) is 6.97. The second-order valence-corrected chi connectivity index (χ2v) is 4.47. The molecule has 0 spiro atoms. The quantitative estimate of drug-likeness (QED) is 0.784. The molecule has 21 heavy (non-hydrogen) atoms. The van der Waals surface area contributed by atoms with Crippen molar-refractivity contribution in [2.75, 3.05) is 7.11 Å². The molecular weight excluding hydrogens is 283 g/mol. The number of nitrogens with one attached hydrogen (secondary N) is 1. The highest BCUT2D eigenvalue weighted by Crippen LogP contribution is 2.36. The van der Waals surface area contributed by atoms with Gasteiger partial charge < -0.3 is 4.74 Å². The molecule has 0 bridgehead atoms. The van der Waals surface area contributed by atoms with Crippen LogP contribution in [0, 0.1) is 0 Å². The van der Waals surface area contributed by atoms with Gasteiger partial charge in [-0.2, -0.15) is 18.3 Å². The van der Waals surface area contributed by atoms with Crippen LogP contribution in [0.3, 0.4) is 0 Å². The predicted molar refractivity (Wildman–Crippen MR) is 70.9 cm³/mol. The van der Waals surface area contributed by atoms with Crippen LogP contribution < -0.4 is 4.74 Å². The third-order valence-electron chi connectivity index (χ3n) is 3.15. The van der Waals surface area contributed by atoms with Crippen molar-refractivity contribution >= 4 is 10.9 Å². The molecule has 2 heterocycles. The normalized spacial score (nSPS) is 11.8. The van der Waals surface area contributed by atoms with E-state index in [0.29, 0.717) is 27.8 Å². The molecule has 7 heteroatoms. The molecule has 1 N–H and O–H groups in total. The number of alkyl halides is 3. The topological polar surface area (TPSA) is 50.8 Å². The molecule has 0 aliphatic rings. The van der Waals surface area contributed by atoms with Gasteiger partial charge in [0.2, 0.25) is 0 Å². The maximum Gasteiger partial charge on any atom is 0.416 e. The summed E-state index contributed by atoms with van der Waals surface area (Å²) in [6.07, 6.45) is 0.0404. The van der Waals surface area contributed by atoms with Crippen LogP contribution in [0.2, 0.25) is 0 Å². The SMILES string of the molecule is COc1cncc(-c2cc(C(F)(F)F)cc3[nH]ncc23)c1. The molecule has 1 aromatic carbocycles. The van der Waals surface area contributed by atoms with Gasteiger partial charge in [-0.3, -0.25) is 10.1 Å². The van der Waals surface area contributed by atoms with Crippen LogP contribution in [0.4, 0.5) is 13.2 Å². The molecule has 0 saturated heterocycles. The van der Waals surface area contributed by atoms with E-state index in [-0.39, 0.29) is 0 Å². The monoisotopic (exact) mass is 293 g/mol. The number of fused-ring (bicyclic) bond motifs is 1. The van der Waals surface area contributed by atoms with Crippen LogP contribution in [-0.4, -0.2) is 22.3 Å². The number of methoxy groups -OCH3 is 1. The van der Waals surface area contributed by atoms with Crippen molar-refractivity contribution in [3.05, 3.63) is 42.4 Å². The number of aromatic nitrogens is 3. The van der Waals surface area contributed by atoms with Gasteiger partial charge in [0.1, 0.15) is 5.75 Å². The van der Waals surface area contributed by atoms with Gasteiger partial charge >= 0.3 is 6.18 Å². The molecule has 4 nitrogen and oxygen atoms in total. The molecule has 0 aliphatic heterocycles. The maximum absolute atomic E-state index is 13.0. The van der Waals surface area contributed by atoms with Crippen molar-refractivity contribution in [2.45, 2.75) is 6.18 Å². The van der Waals surface area contributed by atoms with Gasteiger partial charge in [-0.15, -0.1) is 0 Å². The fraction of sp³-hybridized carbons (Fsp3) is 0.143. The first-order valence-electron chi connectivity index (χ1n) is 6.03. The highest BCUT2D eigenvalue weighted by Gasteiger charge is 2.31. The fourth-order valence-electron chi connectivity index (χ4n) is 2.13. The number of aromatic amines is 1. The molecule has 108 valence electrons. The number of hydrogen-bond donors (Lipinski definition) is 1. The lowest BCUT2D eigenvalue weighted by Crippen LogP contribution is -2.05. The van der Waals surface area contributed by atoms with Gasteiger partial charge in [0, 0.05) is 17.1 Å². The Bertz CT molecular complexity index is 796. The van der Waals surface area contributed by atoms with Crippen molar-refractivity contribution in [1.82, 2.24) is 15.2 Å². The largest absolute Gasteiger partial charge is 0.495 e. The third-order valence-corrected chi connectivity index (χ3v) is 3.15. The second-order valence-electron chi connectivity index (χ2n) is 4.47. The molecule has 0 aliphatic carbocycles. The molecule has 3 rings (SSSR count). The second kappa shape index (κ2) is 4.76. The summed E-state index contributed by atoms with van der Waals surface area (Å²) >= 11 is 0. The molecule has 0 atom stereocenters. The minimum Gasteiger partial charge on any atom is -0.495 e. The van der Waals surface area contributed by atoms with Gasteiger partial charge in [-0.05, 0) is 23.8 Å². The highest BCUT2D eigenvalue weighted by molar-refractivity contribution is 5.95. The van der Waals surface area contributed by atoms with Crippen molar-refractivity contribution < 1.29 is 17.9 Å². The van der Waals surface area contributed by atoms with E-state index in [2.05, 4.69) is 15.2 Å². The van der Waals surface area contributed by atoms with Gasteiger partial charge in [-0.25, -0.2) is 0 Å². The fourth-order valence-corrected chi connectivity index (χ4v) is 2.13. The molecule has 0 fully saturated rings. The number of halogens is 3. The number of pyridine rings is 1. The van der Waals surface area contributed by atoms with E-state index in [1.54, 1.807) is 6.07 Å². The first kappa shape index (κ1) is 13.4. The van der Waals surface area contributed by atoms with E-state index >= 15 is 0 Å². The maximum atomic E-state index is 13.0. The lowest BCUT2D eigenvalue weighted by molar-refractivity contribution is -0.137. The van der Waals surface area contributed by atoms with Gasteiger partial charge in [0.25, 0.3) is 0 Å². The molecule has 0 saturated carbocycles. The molecule has 0 radical (unpaired) electrons. The van der Waals surface area contributed by atoms with Crippen molar-refractivity contribution in [2.24, 2.45) is 0 Å². The average molecular weight is 293 g/mol. The van der Waals surface area contributed by atoms with Crippen LogP contribution in [-0.2, 0) is 6.18 Å². The number of ether oxygens (including phenoxy) is 1. The van der Waals surface area contributed by atoms with Crippen LogP contribution in [0.15, 0.2) is 36.8 Å². The first-order chi connectivity index (χ1) is 9.99. The molecule has 0 unspecified atom stereocenters. The summed E-state index contributed by atoms with van der Waals surface area (Å²) in [5.41, 5.74) is 0.520. The summed E-state index contributed by atoms with van der Waals surface area (Å²) in [4.78, 5) is 3.98. The zero-order valence-electron chi connectivity index (χ0n) is 10.9. The molecular formula is C14H10F3N3O. The zero-order chi connectivity index (χ0) is 15.0. The van der Waals surface area contributed by atoms with Crippen LogP contribution >= 0.6 is 0 Å². The average Bonchev–Trinajstić information content (AvgIpc) is 2.93. The molecule has 0 amide bonds. The minimum atomic E-state index is -4.43. The Balaban J connectivity index is 2.27. The number of hydrogen-bond acceptors (Lipinski definition) is 3. The van der Waals surface area contributed by atoms with E-state index in [4.69, 9.17) is 4.74 Å². The summed E-state index contributed by atoms with van der Waals surface area (Å²) < 4.78 is 44.0. The smallest absolute Gasteiger partial charge is 0.416 e. The first-order valence-corrected chi connectivity index (χ1v) is 6.03. The Morgan fingerprint density at radius 2 is 1.90 bits per heavy atom. The van der Waals surface area contributed by atoms with E-state index in [1.807, 2.05) is 0 Å². The van der Waals surface area contributed by atoms with Crippen LogP contribution in [0.5, 0.6) is 5.75 Å². The summed E-state index contributed by atoms with van der Waals surface area (Å²) in [6, 6.07) is 3.77. The lowest BCUT2D eigenvalue weighted by atomic mass is 10.00. The number of nitrogens with zero attached hydrogens (tertiary/aromatic N) is 2. The summed E-state index contributed by atoms with van der Waals surface area (Å²) in [5.74, 6) is 0.474. The Hall–Kier alpha value is -2.57. The summed E-state index contributed by atoms with van der Waals surface area (Å²) in [7, 11) is 1.47. The van der Waals surface area contributed by atoms with Crippen molar-refractivity contribution in [1.29, 1.82) is 0 Å². The van der Waals surface area contributed by atoms with Gasteiger partial charge in [0.05, 0.1) is 30.6 Å². The standard InChI is InChI=1S/C14H10F3N3O/c1-21-10-2-8(5-18-6-10)11-3-9(14(15,16)17)4-13-12(11)7-19-20-13/h2-7H,1H3,(H,19,20).